The first-order valence-electron chi connectivity index (χ1n) is 13.2. The van der Waals surface area contributed by atoms with Crippen molar-refractivity contribution >= 4 is 12.6 Å². The van der Waals surface area contributed by atoms with Crippen LogP contribution in [0.3, 0.4) is 0 Å². The molecule has 11 nitrogen and oxygen atoms in total. The Labute approximate surface area is 218 Å². The first kappa shape index (κ1) is 32.1. The summed E-state index contributed by atoms with van der Waals surface area (Å²) in [6, 6.07) is 0. The second-order valence-electron chi connectivity index (χ2n) is 9.63. The van der Waals surface area contributed by atoms with Crippen LogP contribution in [0.4, 0.5) is 0 Å². The van der Waals surface area contributed by atoms with E-state index in [0.717, 1.165) is 31.4 Å². The highest BCUT2D eigenvalue weighted by Gasteiger charge is 2.50. The van der Waals surface area contributed by atoms with Crippen LogP contribution in [0.15, 0.2) is 0 Å². The zero-order valence-electron chi connectivity index (χ0n) is 20.9. The number of ether oxygens (including phenoxy) is 4. The van der Waals surface area contributed by atoms with Gasteiger partial charge in [-0.05, 0) is 18.6 Å². The molecule has 0 spiro atoms. The summed E-state index contributed by atoms with van der Waals surface area (Å²) in [5.74, 6) is 0.959. The zero-order chi connectivity index (χ0) is 26.5. The van der Waals surface area contributed by atoms with E-state index in [4.69, 9.17) is 18.9 Å². The highest BCUT2D eigenvalue weighted by atomic mass is 32.1. The highest BCUT2D eigenvalue weighted by molar-refractivity contribution is 7.80. The highest BCUT2D eigenvalue weighted by Crippen LogP contribution is 2.29. The van der Waals surface area contributed by atoms with E-state index in [1.54, 1.807) is 0 Å². The van der Waals surface area contributed by atoms with Gasteiger partial charge in [-0.15, -0.1) is 0 Å². The fourth-order valence-electron chi connectivity index (χ4n) is 4.52. The molecule has 0 unspecified atom stereocenters. The maximum absolute atomic E-state index is 10.6. The summed E-state index contributed by atoms with van der Waals surface area (Å²) in [7, 11) is 0. The fraction of sp³-hybridized carbons (Fsp3) is 1.00. The van der Waals surface area contributed by atoms with E-state index in [-0.39, 0.29) is 0 Å². The Morgan fingerprint density at radius 2 is 1.06 bits per heavy atom. The molecule has 2 aliphatic heterocycles. The summed E-state index contributed by atoms with van der Waals surface area (Å²) < 4.78 is 22.0. The van der Waals surface area contributed by atoms with Gasteiger partial charge in [0, 0.05) is 6.61 Å². The molecule has 0 aromatic heterocycles. The number of hydrogen-bond donors (Lipinski definition) is 8. The van der Waals surface area contributed by atoms with Gasteiger partial charge in [0.15, 0.2) is 12.6 Å². The Bertz CT molecular complexity index is 570. The van der Waals surface area contributed by atoms with Crippen molar-refractivity contribution in [2.24, 2.45) is 0 Å². The van der Waals surface area contributed by atoms with E-state index in [0.29, 0.717) is 6.61 Å². The summed E-state index contributed by atoms with van der Waals surface area (Å²) in [6.07, 6.45) is -2.93. The van der Waals surface area contributed by atoms with Crippen molar-refractivity contribution in [2.45, 2.75) is 126 Å². The average Bonchev–Trinajstić information content (AvgIpc) is 2.88. The van der Waals surface area contributed by atoms with Crippen molar-refractivity contribution in [2.75, 3.05) is 25.6 Å². The molecule has 0 radical (unpaired) electrons. The maximum Gasteiger partial charge on any atom is 0.187 e. The first-order chi connectivity index (χ1) is 17.3. The van der Waals surface area contributed by atoms with Gasteiger partial charge in [0.25, 0.3) is 0 Å². The van der Waals surface area contributed by atoms with Gasteiger partial charge in [-0.3, -0.25) is 0 Å². The van der Waals surface area contributed by atoms with Crippen LogP contribution in [0.1, 0.15) is 64.2 Å². The lowest BCUT2D eigenvalue weighted by Crippen LogP contribution is -2.64. The summed E-state index contributed by atoms with van der Waals surface area (Å²) >= 11 is 4.22. The number of aliphatic hydroxyl groups excluding tert-OH is 7. The lowest BCUT2D eigenvalue weighted by molar-refractivity contribution is -0.359. The smallest absolute Gasteiger partial charge is 0.187 e. The molecular weight excluding hydrogens is 496 g/mol. The lowest BCUT2D eigenvalue weighted by Gasteiger charge is -2.45. The van der Waals surface area contributed by atoms with E-state index < -0.39 is 74.6 Å². The van der Waals surface area contributed by atoms with Gasteiger partial charge in [-0.2, -0.15) is 12.6 Å². The monoisotopic (exact) mass is 542 g/mol. The lowest BCUT2D eigenvalue weighted by atomic mass is 9.97. The van der Waals surface area contributed by atoms with Gasteiger partial charge in [0.05, 0.1) is 13.2 Å². The van der Waals surface area contributed by atoms with Crippen molar-refractivity contribution in [3.8, 4) is 0 Å². The average molecular weight is 543 g/mol. The van der Waals surface area contributed by atoms with Crippen LogP contribution in [-0.2, 0) is 18.9 Å². The van der Waals surface area contributed by atoms with Crippen molar-refractivity contribution < 1.29 is 54.7 Å². The quantitative estimate of drug-likeness (QED) is 0.0874. The van der Waals surface area contributed by atoms with Gasteiger partial charge in [0.2, 0.25) is 0 Å². The number of thiol groups is 1. The van der Waals surface area contributed by atoms with Crippen LogP contribution in [0, 0.1) is 0 Å². The Morgan fingerprint density at radius 3 is 1.61 bits per heavy atom. The van der Waals surface area contributed by atoms with E-state index in [2.05, 4.69) is 12.6 Å². The molecule has 2 fully saturated rings. The molecule has 12 heteroatoms. The van der Waals surface area contributed by atoms with Crippen LogP contribution in [0.25, 0.3) is 0 Å². The fourth-order valence-corrected chi connectivity index (χ4v) is 4.74. The maximum atomic E-state index is 10.6. The zero-order valence-corrected chi connectivity index (χ0v) is 21.8. The van der Waals surface area contributed by atoms with Crippen LogP contribution in [0.5, 0.6) is 0 Å². The molecule has 2 aliphatic rings. The van der Waals surface area contributed by atoms with Gasteiger partial charge < -0.3 is 54.7 Å². The molecule has 0 amide bonds. The molecule has 0 aromatic carbocycles. The minimum absolute atomic E-state index is 0.314. The Balaban J connectivity index is 1.71. The molecule has 214 valence electrons. The molecular formula is C24H46O11S. The standard InChI is InChI=1S/C24H46O11S/c25-13-15-17(27)18(28)20(30)24(33-15)35-22-16(14-26)34-23(21(31)19(22)29)32-11-9-7-5-3-1-2-4-6-8-10-12-36/h15-31,36H,1-14H2/t15-,16-,17-,18+,19-,20-,21-,22-,23-,24-/m1/s1. The summed E-state index contributed by atoms with van der Waals surface area (Å²) in [4.78, 5) is 0. The predicted octanol–water partition coefficient (Wildman–Crippen LogP) is -0.542. The van der Waals surface area contributed by atoms with Crippen LogP contribution in [0.2, 0.25) is 0 Å². The third-order valence-electron chi connectivity index (χ3n) is 6.79. The molecule has 0 aliphatic carbocycles. The summed E-state index contributed by atoms with van der Waals surface area (Å²) in [5.41, 5.74) is 0. The molecule has 0 saturated carbocycles. The molecule has 7 N–H and O–H groups in total. The van der Waals surface area contributed by atoms with Crippen LogP contribution >= 0.6 is 12.6 Å². The number of rotatable bonds is 17. The normalized spacial score (nSPS) is 37.3. The third kappa shape index (κ3) is 9.58. The van der Waals surface area contributed by atoms with Gasteiger partial charge in [0.1, 0.15) is 48.8 Å². The second-order valence-corrected chi connectivity index (χ2v) is 10.1. The summed E-state index contributed by atoms with van der Waals surface area (Å²) in [6.45, 7) is -0.915. The Hall–Kier alpha value is -0.0900. The minimum Gasteiger partial charge on any atom is -0.394 e. The first-order valence-corrected chi connectivity index (χ1v) is 13.8. The third-order valence-corrected chi connectivity index (χ3v) is 7.11. The van der Waals surface area contributed by atoms with Crippen LogP contribution in [-0.4, -0.2) is 123 Å². The summed E-state index contributed by atoms with van der Waals surface area (Å²) in [5, 5.41) is 70.2. The van der Waals surface area contributed by atoms with E-state index in [9.17, 15) is 35.7 Å². The molecule has 2 rings (SSSR count). The Kier molecular flexibility index (Phi) is 15.6. The largest absolute Gasteiger partial charge is 0.394 e. The molecule has 10 atom stereocenters. The van der Waals surface area contributed by atoms with E-state index in [1.165, 1.54) is 38.5 Å². The van der Waals surface area contributed by atoms with Gasteiger partial charge >= 0.3 is 0 Å². The van der Waals surface area contributed by atoms with E-state index >= 15 is 0 Å². The number of aliphatic hydroxyl groups is 7. The van der Waals surface area contributed by atoms with Crippen molar-refractivity contribution in [1.82, 2.24) is 0 Å². The van der Waals surface area contributed by atoms with Crippen molar-refractivity contribution in [1.29, 1.82) is 0 Å². The van der Waals surface area contributed by atoms with Gasteiger partial charge in [-0.1, -0.05) is 51.4 Å². The molecule has 2 heterocycles. The van der Waals surface area contributed by atoms with Crippen molar-refractivity contribution in [3.05, 3.63) is 0 Å². The topological polar surface area (TPSA) is 179 Å². The number of unbranched alkanes of at least 4 members (excludes halogenated alkanes) is 9. The second kappa shape index (κ2) is 17.5. The predicted molar refractivity (Wildman–Crippen MR) is 132 cm³/mol. The van der Waals surface area contributed by atoms with E-state index in [1.807, 2.05) is 0 Å². The molecule has 0 aromatic rings. The molecule has 0 bridgehead atoms. The Morgan fingerprint density at radius 1 is 0.556 bits per heavy atom. The molecule has 36 heavy (non-hydrogen) atoms. The van der Waals surface area contributed by atoms with Crippen molar-refractivity contribution in [3.63, 3.8) is 0 Å². The SMILES string of the molecule is OC[C@H]1O[C@H](O[C@H]2[C@H](O)[C@@H](O)[C@H](OCCCCCCCCCCCCS)O[C@@H]2CO)[C@H](O)[C@@H](O)[C@@H]1O. The van der Waals surface area contributed by atoms with Gasteiger partial charge in [-0.25, -0.2) is 0 Å². The minimum atomic E-state index is -1.70. The molecule has 2 saturated heterocycles. The van der Waals surface area contributed by atoms with Crippen LogP contribution < -0.4 is 0 Å². The number of hydrogen-bond acceptors (Lipinski definition) is 12.